The van der Waals surface area contributed by atoms with Gasteiger partial charge in [-0.05, 0) is 23.7 Å². The maximum absolute atomic E-state index is 12.7. The minimum atomic E-state index is -0.580. The van der Waals surface area contributed by atoms with Gasteiger partial charge in [-0.25, -0.2) is 5.43 Å². The monoisotopic (exact) mass is 583 g/mol. The molecular formula is C28H40Cl3N5O2. The molecule has 4 rings (SSSR count). The van der Waals surface area contributed by atoms with Crippen molar-refractivity contribution < 1.29 is 10.3 Å². The summed E-state index contributed by atoms with van der Waals surface area (Å²) in [5, 5.41) is 3.52. The summed E-state index contributed by atoms with van der Waals surface area (Å²) in [5.41, 5.74) is 8.65. The van der Waals surface area contributed by atoms with Gasteiger partial charge in [0.25, 0.3) is 0 Å². The Morgan fingerprint density at radius 3 is 1.63 bits per heavy atom. The lowest BCUT2D eigenvalue weighted by Gasteiger charge is -2.49. The van der Waals surface area contributed by atoms with Crippen LogP contribution in [0.4, 0.5) is 0 Å². The van der Waals surface area contributed by atoms with Gasteiger partial charge in [-0.2, -0.15) is 0 Å². The van der Waals surface area contributed by atoms with Crippen molar-refractivity contribution in [3.05, 3.63) is 108 Å². The molecular weight excluding hydrogens is 545 g/mol. The minimum Gasteiger partial charge on any atom is -0.412 e. The number of carbonyl (C=O) groups excluding carboxylic acids is 1. The SMILES string of the molecule is CNNC(=O)CC(NC)(c1ccccc1)N1CCN(C(c2ccccc2)c2ccccc2)CC1.Cl.Cl.Cl.O. The molecule has 0 aliphatic carbocycles. The first-order valence-corrected chi connectivity index (χ1v) is 12.0. The highest BCUT2D eigenvalue weighted by atomic mass is 35.5. The first-order chi connectivity index (χ1) is 16.7. The smallest absolute Gasteiger partial charge is 0.237 e. The van der Waals surface area contributed by atoms with Crippen LogP contribution in [0.5, 0.6) is 0 Å². The number of hydrogen-bond acceptors (Lipinski definition) is 5. The number of rotatable bonds is 9. The van der Waals surface area contributed by atoms with Crippen molar-refractivity contribution in [3.63, 3.8) is 0 Å². The number of nitrogens with zero attached hydrogens (tertiary/aromatic N) is 2. The Bertz CT molecular complexity index is 1000. The molecule has 1 aliphatic heterocycles. The van der Waals surface area contributed by atoms with Crippen molar-refractivity contribution in [1.82, 2.24) is 26.0 Å². The third kappa shape index (κ3) is 8.15. The molecule has 7 nitrogen and oxygen atoms in total. The molecule has 0 radical (unpaired) electrons. The fourth-order valence-electron chi connectivity index (χ4n) is 5.16. The molecule has 1 amide bonds. The second kappa shape index (κ2) is 17.4. The average molecular weight is 585 g/mol. The number of benzene rings is 3. The molecule has 10 heteroatoms. The van der Waals surface area contributed by atoms with E-state index in [-0.39, 0.29) is 54.6 Å². The van der Waals surface area contributed by atoms with E-state index >= 15 is 0 Å². The van der Waals surface area contributed by atoms with Crippen LogP contribution in [0, 0.1) is 0 Å². The lowest BCUT2D eigenvalue weighted by Crippen LogP contribution is -2.62. The summed E-state index contributed by atoms with van der Waals surface area (Å²) >= 11 is 0. The number of halogens is 3. The van der Waals surface area contributed by atoms with Crippen molar-refractivity contribution in [3.8, 4) is 0 Å². The largest absolute Gasteiger partial charge is 0.412 e. The van der Waals surface area contributed by atoms with E-state index in [4.69, 9.17) is 0 Å². The topological polar surface area (TPSA) is 91.1 Å². The van der Waals surface area contributed by atoms with Gasteiger partial charge >= 0.3 is 0 Å². The highest BCUT2D eigenvalue weighted by Crippen LogP contribution is 2.34. The van der Waals surface area contributed by atoms with Crippen molar-refractivity contribution in [2.75, 3.05) is 40.3 Å². The van der Waals surface area contributed by atoms with Gasteiger partial charge in [-0.1, -0.05) is 91.0 Å². The summed E-state index contributed by atoms with van der Waals surface area (Å²) in [6.07, 6.45) is 0.315. The fourth-order valence-corrected chi connectivity index (χ4v) is 5.16. The second-order valence-corrected chi connectivity index (χ2v) is 8.70. The van der Waals surface area contributed by atoms with Gasteiger partial charge in [0.1, 0.15) is 5.66 Å². The third-order valence-corrected chi connectivity index (χ3v) is 6.80. The zero-order valence-corrected chi connectivity index (χ0v) is 24.3. The minimum absolute atomic E-state index is 0. The maximum Gasteiger partial charge on any atom is 0.237 e. The molecule has 1 unspecified atom stereocenters. The molecule has 1 fully saturated rings. The maximum atomic E-state index is 12.7. The van der Waals surface area contributed by atoms with E-state index in [0.29, 0.717) is 6.42 Å². The van der Waals surface area contributed by atoms with Crippen LogP contribution in [0.3, 0.4) is 0 Å². The first kappa shape index (κ1) is 35.8. The van der Waals surface area contributed by atoms with Crippen LogP contribution in [0.1, 0.15) is 29.2 Å². The molecule has 1 heterocycles. The quantitative estimate of drug-likeness (QED) is 0.335. The predicted molar refractivity (Wildman–Crippen MR) is 162 cm³/mol. The van der Waals surface area contributed by atoms with E-state index in [1.807, 2.05) is 25.2 Å². The summed E-state index contributed by atoms with van der Waals surface area (Å²) in [6.45, 7) is 3.49. The summed E-state index contributed by atoms with van der Waals surface area (Å²) in [6, 6.07) is 32.0. The zero-order chi connectivity index (χ0) is 23.8. The summed E-state index contributed by atoms with van der Waals surface area (Å²) in [4.78, 5) is 17.7. The Labute approximate surface area is 244 Å². The van der Waals surface area contributed by atoms with Gasteiger partial charge in [0.15, 0.2) is 0 Å². The van der Waals surface area contributed by atoms with Crippen LogP contribution >= 0.6 is 37.2 Å². The van der Waals surface area contributed by atoms with Crippen molar-refractivity contribution >= 4 is 43.1 Å². The molecule has 0 saturated carbocycles. The second-order valence-electron chi connectivity index (χ2n) is 8.70. The van der Waals surface area contributed by atoms with Gasteiger partial charge < -0.3 is 5.48 Å². The Morgan fingerprint density at radius 1 is 0.763 bits per heavy atom. The van der Waals surface area contributed by atoms with Gasteiger partial charge in [-0.15, -0.1) is 37.2 Å². The van der Waals surface area contributed by atoms with Gasteiger partial charge in [0.05, 0.1) is 12.5 Å². The number of piperazine rings is 1. The molecule has 1 aliphatic rings. The Balaban J connectivity index is 0.00000342. The molecule has 210 valence electrons. The zero-order valence-electron chi connectivity index (χ0n) is 21.8. The first-order valence-electron chi connectivity index (χ1n) is 12.0. The van der Waals surface area contributed by atoms with Crippen molar-refractivity contribution in [2.45, 2.75) is 18.1 Å². The van der Waals surface area contributed by atoms with Crippen molar-refractivity contribution in [2.24, 2.45) is 0 Å². The number of hydrogen-bond donors (Lipinski definition) is 3. The third-order valence-electron chi connectivity index (χ3n) is 6.80. The number of hydrazine groups is 1. The highest BCUT2D eigenvalue weighted by molar-refractivity contribution is 5.86. The summed E-state index contributed by atoms with van der Waals surface area (Å²) in [5.74, 6) is -0.0467. The van der Waals surface area contributed by atoms with E-state index in [2.05, 4.69) is 98.8 Å². The van der Waals surface area contributed by atoms with Crippen LogP contribution in [0.2, 0.25) is 0 Å². The van der Waals surface area contributed by atoms with Gasteiger partial charge in [0, 0.05) is 33.2 Å². The number of amides is 1. The lowest BCUT2D eigenvalue weighted by atomic mass is 9.91. The molecule has 3 aromatic rings. The Morgan fingerprint density at radius 2 is 1.21 bits per heavy atom. The number of nitrogens with one attached hydrogen (secondary N) is 3. The lowest BCUT2D eigenvalue weighted by molar-refractivity contribution is -0.127. The summed E-state index contributed by atoms with van der Waals surface area (Å²) in [7, 11) is 3.66. The van der Waals surface area contributed by atoms with Crippen LogP contribution in [-0.2, 0) is 10.5 Å². The van der Waals surface area contributed by atoms with Crippen LogP contribution in [0.15, 0.2) is 91.0 Å². The van der Waals surface area contributed by atoms with Crippen LogP contribution < -0.4 is 16.2 Å². The van der Waals surface area contributed by atoms with E-state index in [1.54, 1.807) is 7.05 Å². The van der Waals surface area contributed by atoms with Crippen LogP contribution in [0.25, 0.3) is 0 Å². The predicted octanol–water partition coefficient (Wildman–Crippen LogP) is 3.55. The molecule has 0 bridgehead atoms. The molecule has 1 saturated heterocycles. The van der Waals surface area contributed by atoms with Crippen LogP contribution in [-0.4, -0.2) is 61.5 Å². The van der Waals surface area contributed by atoms with Gasteiger partial charge in [-0.3, -0.25) is 25.3 Å². The molecule has 0 spiro atoms. The fraction of sp³-hybridized carbons (Fsp3) is 0.321. The van der Waals surface area contributed by atoms with E-state index in [0.717, 1.165) is 31.7 Å². The normalized spacial score (nSPS) is 15.0. The molecule has 5 N–H and O–H groups in total. The van der Waals surface area contributed by atoms with Crippen molar-refractivity contribution in [1.29, 1.82) is 0 Å². The average Bonchev–Trinajstić information content (AvgIpc) is 2.90. The van der Waals surface area contributed by atoms with E-state index in [1.165, 1.54) is 11.1 Å². The molecule has 38 heavy (non-hydrogen) atoms. The van der Waals surface area contributed by atoms with Gasteiger partial charge in [0.2, 0.25) is 5.91 Å². The Kier molecular flexibility index (Phi) is 16.4. The standard InChI is InChI=1S/C28H35N5O.3ClH.H2O/c1-29-28(22-26(34)31-30-2,25-16-10-5-11-17-25)33-20-18-32(19-21-33)27(23-12-6-3-7-13-23)24-14-8-4-9-15-24;;;;/h3-17,27,29-30H,18-22H2,1-2H3,(H,31,34);3*1H;1H2. The van der Waals surface area contributed by atoms with E-state index in [9.17, 15) is 4.79 Å². The number of carbonyl (C=O) groups is 1. The van der Waals surface area contributed by atoms with E-state index < -0.39 is 5.66 Å². The highest BCUT2D eigenvalue weighted by Gasteiger charge is 2.41. The molecule has 3 aromatic carbocycles. The summed E-state index contributed by atoms with van der Waals surface area (Å²) < 4.78 is 0. The molecule has 0 aromatic heterocycles. The Hall–Kier alpha value is -2.20. The molecule has 1 atom stereocenters.